The summed E-state index contributed by atoms with van der Waals surface area (Å²) in [5.74, 6) is -0.271. The highest BCUT2D eigenvalue weighted by Gasteiger charge is 2.33. The highest BCUT2D eigenvalue weighted by Crippen LogP contribution is 2.31. The Morgan fingerprint density at radius 1 is 1.25 bits per heavy atom. The fourth-order valence-corrected chi connectivity index (χ4v) is 3.11. The first-order valence-electron chi connectivity index (χ1n) is 7.41. The van der Waals surface area contributed by atoms with Gasteiger partial charge in [0.1, 0.15) is 11.6 Å². The maximum absolute atomic E-state index is 14.1. The van der Waals surface area contributed by atoms with E-state index in [1.165, 1.54) is 12.1 Å². The molecule has 1 aromatic rings. The van der Waals surface area contributed by atoms with Crippen molar-refractivity contribution < 1.29 is 8.78 Å². The summed E-state index contributed by atoms with van der Waals surface area (Å²) in [6.07, 6.45) is 0.953. The van der Waals surface area contributed by atoms with E-state index in [4.69, 9.17) is 0 Å². The van der Waals surface area contributed by atoms with Crippen LogP contribution in [0.15, 0.2) is 12.1 Å². The van der Waals surface area contributed by atoms with Crippen LogP contribution in [0.2, 0.25) is 0 Å². The van der Waals surface area contributed by atoms with Crippen LogP contribution in [0, 0.1) is 24.5 Å². The number of aryl methyl sites for hydroxylation is 1. The van der Waals surface area contributed by atoms with E-state index in [0.29, 0.717) is 23.2 Å². The standard InChI is InChI=1S/C16H24F2N2/c1-5-19-15-6-7-20(12(4)11(15)3)16-9-13(17)10(2)8-14(16)18/h8-9,11-12,15,19H,5-7H2,1-4H3. The molecule has 0 amide bonds. The molecule has 1 fully saturated rings. The van der Waals surface area contributed by atoms with Gasteiger partial charge in [0.05, 0.1) is 5.69 Å². The lowest BCUT2D eigenvalue weighted by molar-refractivity contribution is 0.272. The smallest absolute Gasteiger partial charge is 0.146 e. The lowest BCUT2D eigenvalue weighted by Crippen LogP contribution is -2.53. The van der Waals surface area contributed by atoms with Crippen molar-refractivity contribution in [2.75, 3.05) is 18.0 Å². The van der Waals surface area contributed by atoms with E-state index in [0.717, 1.165) is 19.5 Å². The summed E-state index contributed by atoms with van der Waals surface area (Å²) in [6.45, 7) is 9.64. The van der Waals surface area contributed by atoms with E-state index in [1.54, 1.807) is 6.92 Å². The molecule has 0 aromatic heterocycles. The number of hydrogen-bond acceptors (Lipinski definition) is 2. The Labute approximate surface area is 120 Å². The molecule has 4 heteroatoms. The zero-order valence-corrected chi connectivity index (χ0v) is 12.7. The molecule has 0 aliphatic carbocycles. The maximum atomic E-state index is 14.1. The summed E-state index contributed by atoms with van der Waals surface area (Å²) in [5, 5.41) is 3.48. The van der Waals surface area contributed by atoms with Crippen LogP contribution in [-0.4, -0.2) is 25.2 Å². The van der Waals surface area contributed by atoms with E-state index in [1.807, 2.05) is 4.90 Å². The van der Waals surface area contributed by atoms with E-state index in [9.17, 15) is 8.78 Å². The average molecular weight is 282 g/mol. The van der Waals surface area contributed by atoms with Crippen LogP contribution in [0.25, 0.3) is 0 Å². The summed E-state index contributed by atoms with van der Waals surface area (Å²) in [6, 6.07) is 3.26. The predicted molar refractivity (Wildman–Crippen MR) is 79.1 cm³/mol. The number of piperidine rings is 1. The van der Waals surface area contributed by atoms with Crippen LogP contribution < -0.4 is 10.2 Å². The Morgan fingerprint density at radius 2 is 1.95 bits per heavy atom. The molecule has 1 aromatic carbocycles. The van der Waals surface area contributed by atoms with Gasteiger partial charge in [0.15, 0.2) is 0 Å². The van der Waals surface area contributed by atoms with Crippen molar-refractivity contribution in [1.82, 2.24) is 5.32 Å². The molecule has 1 N–H and O–H groups in total. The van der Waals surface area contributed by atoms with E-state index < -0.39 is 0 Å². The monoisotopic (exact) mass is 282 g/mol. The minimum atomic E-state index is -0.338. The lowest BCUT2D eigenvalue weighted by Gasteiger charge is -2.44. The van der Waals surface area contributed by atoms with Gasteiger partial charge in [-0.1, -0.05) is 13.8 Å². The number of nitrogens with one attached hydrogen (secondary N) is 1. The van der Waals surface area contributed by atoms with E-state index >= 15 is 0 Å². The number of rotatable bonds is 3. The average Bonchev–Trinajstić information content (AvgIpc) is 2.40. The minimum absolute atomic E-state index is 0.185. The van der Waals surface area contributed by atoms with Crippen molar-refractivity contribution in [3.8, 4) is 0 Å². The Morgan fingerprint density at radius 3 is 2.60 bits per heavy atom. The van der Waals surface area contributed by atoms with Gasteiger partial charge in [0.2, 0.25) is 0 Å². The van der Waals surface area contributed by atoms with Gasteiger partial charge >= 0.3 is 0 Å². The second-order valence-corrected chi connectivity index (χ2v) is 5.80. The summed E-state index contributed by atoms with van der Waals surface area (Å²) < 4.78 is 27.9. The van der Waals surface area contributed by atoms with Crippen molar-refractivity contribution in [1.29, 1.82) is 0 Å². The first kappa shape index (κ1) is 15.2. The van der Waals surface area contributed by atoms with Gasteiger partial charge in [0, 0.05) is 24.7 Å². The highest BCUT2D eigenvalue weighted by atomic mass is 19.1. The first-order chi connectivity index (χ1) is 9.45. The zero-order valence-electron chi connectivity index (χ0n) is 12.7. The third-order valence-electron chi connectivity index (χ3n) is 4.57. The van der Waals surface area contributed by atoms with Crippen molar-refractivity contribution >= 4 is 5.69 Å². The molecular formula is C16H24F2N2. The van der Waals surface area contributed by atoms with Gasteiger partial charge in [-0.25, -0.2) is 8.78 Å². The van der Waals surface area contributed by atoms with Crippen molar-refractivity contribution in [2.24, 2.45) is 5.92 Å². The van der Waals surface area contributed by atoms with E-state index in [2.05, 4.69) is 26.1 Å². The lowest BCUT2D eigenvalue weighted by atomic mass is 9.86. The van der Waals surface area contributed by atoms with Gasteiger partial charge in [0.25, 0.3) is 0 Å². The predicted octanol–water partition coefficient (Wildman–Crippen LogP) is 3.49. The molecule has 0 radical (unpaired) electrons. The van der Waals surface area contributed by atoms with Gasteiger partial charge in [-0.05, 0) is 44.4 Å². The van der Waals surface area contributed by atoms with Crippen LogP contribution in [-0.2, 0) is 0 Å². The summed E-state index contributed by atoms with van der Waals surface area (Å²) >= 11 is 0. The number of benzene rings is 1. The molecule has 112 valence electrons. The quantitative estimate of drug-likeness (QED) is 0.913. The second-order valence-electron chi connectivity index (χ2n) is 5.80. The van der Waals surface area contributed by atoms with Gasteiger partial charge in [-0.15, -0.1) is 0 Å². The first-order valence-corrected chi connectivity index (χ1v) is 7.41. The van der Waals surface area contributed by atoms with Gasteiger partial charge in [-0.2, -0.15) is 0 Å². The molecule has 0 spiro atoms. The molecule has 2 nitrogen and oxygen atoms in total. The molecule has 3 atom stereocenters. The Balaban J connectivity index is 2.24. The number of hydrogen-bond donors (Lipinski definition) is 1. The van der Waals surface area contributed by atoms with E-state index in [-0.39, 0.29) is 17.7 Å². The van der Waals surface area contributed by atoms with Crippen LogP contribution >= 0.6 is 0 Å². The summed E-state index contributed by atoms with van der Waals surface area (Å²) in [5.41, 5.74) is 0.747. The summed E-state index contributed by atoms with van der Waals surface area (Å²) in [7, 11) is 0. The molecule has 1 aliphatic rings. The molecule has 20 heavy (non-hydrogen) atoms. The fraction of sp³-hybridized carbons (Fsp3) is 0.625. The minimum Gasteiger partial charge on any atom is -0.366 e. The summed E-state index contributed by atoms with van der Waals surface area (Å²) in [4.78, 5) is 2.00. The Bertz CT molecular complexity index is 476. The van der Waals surface area contributed by atoms with Crippen molar-refractivity contribution in [2.45, 2.75) is 46.2 Å². The zero-order chi connectivity index (χ0) is 14.9. The topological polar surface area (TPSA) is 15.3 Å². The maximum Gasteiger partial charge on any atom is 0.146 e. The number of nitrogens with zero attached hydrogens (tertiary/aromatic N) is 1. The largest absolute Gasteiger partial charge is 0.366 e. The van der Waals surface area contributed by atoms with Gasteiger partial charge in [-0.3, -0.25) is 0 Å². The number of halogens is 2. The third-order valence-corrected chi connectivity index (χ3v) is 4.57. The van der Waals surface area contributed by atoms with Crippen molar-refractivity contribution in [3.63, 3.8) is 0 Å². The second kappa shape index (κ2) is 6.08. The molecule has 1 aliphatic heterocycles. The molecule has 1 heterocycles. The molecule has 1 saturated heterocycles. The normalized spacial score (nSPS) is 26.9. The molecule has 0 saturated carbocycles. The number of anilines is 1. The fourth-order valence-electron chi connectivity index (χ4n) is 3.11. The molecule has 3 unspecified atom stereocenters. The van der Waals surface area contributed by atoms with Gasteiger partial charge < -0.3 is 10.2 Å². The molecule has 2 rings (SSSR count). The SMILES string of the molecule is CCNC1CCN(c2cc(F)c(C)cc2F)C(C)C1C. The van der Waals surface area contributed by atoms with Crippen molar-refractivity contribution in [3.05, 3.63) is 29.3 Å². The Hall–Kier alpha value is -1.16. The molecule has 0 bridgehead atoms. The van der Waals surface area contributed by atoms with Crippen LogP contribution in [0.4, 0.5) is 14.5 Å². The highest BCUT2D eigenvalue weighted by molar-refractivity contribution is 5.51. The van der Waals surface area contributed by atoms with Crippen LogP contribution in [0.3, 0.4) is 0 Å². The molecular weight excluding hydrogens is 258 g/mol. The Kier molecular flexibility index (Phi) is 4.63. The van der Waals surface area contributed by atoms with Crippen LogP contribution in [0.1, 0.15) is 32.8 Å². The van der Waals surface area contributed by atoms with Crippen LogP contribution in [0.5, 0.6) is 0 Å². The third kappa shape index (κ3) is 2.80.